The van der Waals surface area contributed by atoms with Crippen LogP contribution in [0.25, 0.3) is 0 Å². The summed E-state index contributed by atoms with van der Waals surface area (Å²) >= 11 is 5.60. The highest BCUT2D eigenvalue weighted by Gasteiger charge is 1.98. The Kier molecular flexibility index (Phi) is 3.31. The number of aryl methyl sites for hydroxylation is 2. The zero-order valence-electron chi connectivity index (χ0n) is 8.51. The van der Waals surface area contributed by atoms with Crippen molar-refractivity contribution in [1.29, 1.82) is 0 Å². The summed E-state index contributed by atoms with van der Waals surface area (Å²) in [5.41, 5.74) is 1.01. The van der Waals surface area contributed by atoms with Crippen molar-refractivity contribution >= 4 is 11.6 Å². The SMILES string of the molecule is O=c1cc(Cl)ncn1CCc1ccncc1. The minimum Gasteiger partial charge on any atom is -0.299 e. The second-order valence-electron chi connectivity index (χ2n) is 3.35. The Balaban J connectivity index is 2.08. The van der Waals surface area contributed by atoms with Crippen LogP contribution in [0.1, 0.15) is 5.56 Å². The molecule has 0 aromatic carbocycles. The quantitative estimate of drug-likeness (QED) is 0.759. The van der Waals surface area contributed by atoms with Crippen LogP contribution >= 0.6 is 11.6 Å². The zero-order valence-corrected chi connectivity index (χ0v) is 9.26. The number of pyridine rings is 1. The van der Waals surface area contributed by atoms with E-state index in [4.69, 9.17) is 11.6 Å². The Morgan fingerprint density at radius 1 is 1.31 bits per heavy atom. The summed E-state index contributed by atoms with van der Waals surface area (Å²) < 4.78 is 1.53. The highest BCUT2D eigenvalue weighted by Crippen LogP contribution is 2.00. The average molecular weight is 236 g/mol. The summed E-state index contributed by atoms with van der Waals surface area (Å²) in [6.07, 6.45) is 5.70. The molecule has 16 heavy (non-hydrogen) atoms. The van der Waals surface area contributed by atoms with Crippen LogP contribution < -0.4 is 5.56 Å². The predicted octanol–water partition coefficient (Wildman–Crippen LogP) is 1.53. The van der Waals surface area contributed by atoms with Crippen molar-refractivity contribution in [3.05, 3.63) is 58.0 Å². The van der Waals surface area contributed by atoms with E-state index in [2.05, 4.69) is 9.97 Å². The lowest BCUT2D eigenvalue weighted by Crippen LogP contribution is -2.20. The van der Waals surface area contributed by atoms with E-state index < -0.39 is 0 Å². The fraction of sp³-hybridized carbons (Fsp3) is 0.182. The summed E-state index contributed by atoms with van der Waals surface area (Å²) in [4.78, 5) is 19.3. The summed E-state index contributed by atoms with van der Waals surface area (Å²) in [6, 6.07) is 5.16. The predicted molar refractivity (Wildman–Crippen MR) is 61.4 cm³/mol. The summed E-state index contributed by atoms with van der Waals surface area (Å²) in [5.74, 6) is 0. The molecule has 0 bridgehead atoms. The van der Waals surface area contributed by atoms with E-state index >= 15 is 0 Å². The van der Waals surface area contributed by atoms with Crippen molar-refractivity contribution in [3.63, 3.8) is 0 Å². The molecule has 0 amide bonds. The number of rotatable bonds is 3. The van der Waals surface area contributed by atoms with Crippen LogP contribution in [0.5, 0.6) is 0 Å². The van der Waals surface area contributed by atoms with Gasteiger partial charge in [0, 0.05) is 25.0 Å². The standard InChI is InChI=1S/C11H10ClN3O/c12-10-7-11(16)15(8-14-10)6-3-9-1-4-13-5-2-9/h1-2,4-5,7-8H,3,6H2. The van der Waals surface area contributed by atoms with Gasteiger partial charge in [0.2, 0.25) is 0 Å². The molecule has 5 heteroatoms. The number of aromatic nitrogens is 3. The zero-order chi connectivity index (χ0) is 11.4. The van der Waals surface area contributed by atoms with Crippen LogP contribution in [0.3, 0.4) is 0 Å². The van der Waals surface area contributed by atoms with Gasteiger partial charge in [-0.25, -0.2) is 4.98 Å². The van der Waals surface area contributed by atoms with Crippen LogP contribution in [-0.4, -0.2) is 14.5 Å². The number of halogens is 1. The summed E-state index contributed by atoms with van der Waals surface area (Å²) in [6.45, 7) is 0.590. The van der Waals surface area contributed by atoms with E-state index in [1.807, 2.05) is 12.1 Å². The van der Waals surface area contributed by atoms with Crippen LogP contribution in [0.15, 0.2) is 41.7 Å². The molecule has 4 nitrogen and oxygen atoms in total. The maximum atomic E-state index is 11.5. The van der Waals surface area contributed by atoms with Crippen LogP contribution in [-0.2, 0) is 13.0 Å². The maximum absolute atomic E-state index is 11.5. The lowest BCUT2D eigenvalue weighted by molar-refractivity contribution is 0.654. The van der Waals surface area contributed by atoms with E-state index in [-0.39, 0.29) is 10.7 Å². The Morgan fingerprint density at radius 2 is 2.06 bits per heavy atom. The molecule has 82 valence electrons. The van der Waals surface area contributed by atoms with Crippen molar-refractivity contribution in [1.82, 2.24) is 14.5 Å². The lowest BCUT2D eigenvalue weighted by atomic mass is 10.2. The van der Waals surface area contributed by atoms with Gasteiger partial charge in [0.15, 0.2) is 0 Å². The molecule has 0 aliphatic heterocycles. The first-order valence-electron chi connectivity index (χ1n) is 4.86. The van der Waals surface area contributed by atoms with Crippen molar-refractivity contribution < 1.29 is 0 Å². The van der Waals surface area contributed by atoms with E-state index in [1.165, 1.54) is 17.0 Å². The molecule has 0 aliphatic carbocycles. The van der Waals surface area contributed by atoms with E-state index in [0.717, 1.165) is 12.0 Å². The van der Waals surface area contributed by atoms with Crippen LogP contribution in [0.2, 0.25) is 5.15 Å². The Bertz CT molecular complexity index is 524. The largest absolute Gasteiger partial charge is 0.299 e. The topological polar surface area (TPSA) is 47.8 Å². The summed E-state index contributed by atoms with van der Waals surface area (Å²) in [5, 5.41) is 0.227. The molecule has 2 aromatic rings. The van der Waals surface area contributed by atoms with Crippen LogP contribution in [0.4, 0.5) is 0 Å². The molecular weight excluding hydrogens is 226 g/mol. The van der Waals surface area contributed by atoms with Gasteiger partial charge >= 0.3 is 0 Å². The normalized spacial score (nSPS) is 10.3. The fourth-order valence-electron chi connectivity index (χ4n) is 1.37. The summed E-state index contributed by atoms with van der Waals surface area (Å²) in [7, 11) is 0. The highest BCUT2D eigenvalue weighted by molar-refractivity contribution is 6.29. The third kappa shape index (κ3) is 2.67. The first kappa shape index (κ1) is 10.8. The van der Waals surface area contributed by atoms with E-state index in [0.29, 0.717) is 6.54 Å². The molecular formula is C11H10ClN3O. The molecule has 0 saturated heterocycles. The molecule has 0 aliphatic rings. The second kappa shape index (κ2) is 4.90. The molecule has 2 heterocycles. The van der Waals surface area contributed by atoms with E-state index in [1.54, 1.807) is 12.4 Å². The monoisotopic (exact) mass is 235 g/mol. The number of nitrogens with zero attached hydrogens (tertiary/aromatic N) is 3. The molecule has 2 aromatic heterocycles. The second-order valence-corrected chi connectivity index (χ2v) is 3.74. The number of hydrogen-bond acceptors (Lipinski definition) is 3. The minimum atomic E-state index is -0.131. The molecule has 0 spiro atoms. The smallest absolute Gasteiger partial charge is 0.254 e. The minimum absolute atomic E-state index is 0.131. The average Bonchev–Trinajstić information content (AvgIpc) is 2.29. The Morgan fingerprint density at radius 3 is 2.75 bits per heavy atom. The van der Waals surface area contributed by atoms with E-state index in [9.17, 15) is 4.79 Å². The molecule has 0 N–H and O–H groups in total. The van der Waals surface area contributed by atoms with Crippen molar-refractivity contribution in [2.45, 2.75) is 13.0 Å². The van der Waals surface area contributed by atoms with Gasteiger partial charge < -0.3 is 0 Å². The first-order chi connectivity index (χ1) is 7.75. The van der Waals surface area contributed by atoms with Crippen LogP contribution in [0, 0.1) is 0 Å². The van der Waals surface area contributed by atoms with Gasteiger partial charge in [0.25, 0.3) is 5.56 Å². The molecule has 0 fully saturated rings. The third-order valence-electron chi connectivity index (χ3n) is 2.24. The van der Waals surface area contributed by atoms with Gasteiger partial charge in [-0.05, 0) is 24.1 Å². The van der Waals surface area contributed by atoms with Gasteiger partial charge in [-0.1, -0.05) is 11.6 Å². The first-order valence-corrected chi connectivity index (χ1v) is 5.24. The fourth-order valence-corrected chi connectivity index (χ4v) is 1.51. The third-order valence-corrected chi connectivity index (χ3v) is 2.44. The van der Waals surface area contributed by atoms with Gasteiger partial charge in [-0.15, -0.1) is 0 Å². The van der Waals surface area contributed by atoms with Gasteiger partial charge in [0.1, 0.15) is 5.15 Å². The molecule has 2 rings (SSSR count). The van der Waals surface area contributed by atoms with Crippen molar-refractivity contribution in [2.24, 2.45) is 0 Å². The van der Waals surface area contributed by atoms with Gasteiger partial charge in [0.05, 0.1) is 6.33 Å². The number of hydrogen-bond donors (Lipinski definition) is 0. The molecule has 0 radical (unpaired) electrons. The maximum Gasteiger partial charge on any atom is 0.254 e. The molecule has 0 unspecified atom stereocenters. The molecule has 0 atom stereocenters. The Hall–Kier alpha value is -1.68. The van der Waals surface area contributed by atoms with Gasteiger partial charge in [-0.3, -0.25) is 14.3 Å². The van der Waals surface area contributed by atoms with Gasteiger partial charge in [-0.2, -0.15) is 0 Å². The lowest BCUT2D eigenvalue weighted by Gasteiger charge is -2.04. The van der Waals surface area contributed by atoms with Crippen molar-refractivity contribution in [3.8, 4) is 0 Å². The molecule has 0 saturated carbocycles. The highest BCUT2D eigenvalue weighted by atomic mass is 35.5. The van der Waals surface area contributed by atoms with Crippen molar-refractivity contribution in [2.75, 3.05) is 0 Å². The Labute approximate surface area is 97.6 Å².